The summed E-state index contributed by atoms with van der Waals surface area (Å²) in [4.78, 5) is 0. The van der Waals surface area contributed by atoms with Crippen LogP contribution in [0.4, 0.5) is 13.2 Å². The molecule has 0 atom stereocenters. The third-order valence-electron chi connectivity index (χ3n) is 9.07. The fraction of sp³-hybridized carbons (Fsp3) is 0.0769. The van der Waals surface area contributed by atoms with Crippen LogP contribution in [0.1, 0.15) is 25.0 Å². The van der Waals surface area contributed by atoms with Crippen LogP contribution in [0.3, 0.4) is 0 Å². The van der Waals surface area contributed by atoms with Gasteiger partial charge >= 0.3 is 0 Å². The van der Waals surface area contributed by atoms with Gasteiger partial charge < -0.3 is 0 Å². The first kappa shape index (κ1) is 27.2. The van der Waals surface area contributed by atoms with Crippen molar-refractivity contribution < 1.29 is 13.2 Å². The van der Waals surface area contributed by atoms with Crippen LogP contribution in [0.5, 0.6) is 0 Å². The van der Waals surface area contributed by atoms with Crippen molar-refractivity contribution in [1.29, 1.82) is 0 Å². The van der Waals surface area contributed by atoms with E-state index in [1.54, 1.807) is 0 Å². The van der Waals surface area contributed by atoms with Gasteiger partial charge in [0.2, 0.25) is 0 Å². The van der Waals surface area contributed by atoms with Gasteiger partial charge in [0.05, 0.1) is 0 Å². The molecular formula is C39H29F3Si. The van der Waals surface area contributed by atoms with E-state index in [0.717, 1.165) is 31.9 Å². The molecule has 0 heterocycles. The Hall–Kier alpha value is -4.67. The van der Waals surface area contributed by atoms with E-state index < -0.39 is 8.07 Å². The Balaban J connectivity index is 1.40. The molecular weight excluding hydrogens is 554 g/mol. The lowest BCUT2D eigenvalue weighted by Gasteiger charge is -2.34. The number of hydrogen-bond donors (Lipinski definition) is 0. The van der Waals surface area contributed by atoms with Crippen LogP contribution < -0.4 is 20.7 Å². The van der Waals surface area contributed by atoms with Gasteiger partial charge in [-0.15, -0.1) is 0 Å². The molecule has 0 fully saturated rings. The summed E-state index contributed by atoms with van der Waals surface area (Å²) in [5.41, 5.74) is 7.32. The fourth-order valence-corrected chi connectivity index (χ4v) is 11.6. The van der Waals surface area contributed by atoms with Crippen LogP contribution in [0.15, 0.2) is 140 Å². The number of rotatable bonds is 5. The van der Waals surface area contributed by atoms with E-state index >= 15 is 0 Å². The number of benzene rings is 6. The van der Waals surface area contributed by atoms with Crippen LogP contribution in [-0.2, 0) is 5.41 Å². The van der Waals surface area contributed by atoms with Gasteiger partial charge in [-0.1, -0.05) is 111 Å². The molecule has 0 spiro atoms. The van der Waals surface area contributed by atoms with Crippen molar-refractivity contribution in [1.82, 2.24) is 0 Å². The second-order valence-electron chi connectivity index (χ2n) is 11.8. The average molecular weight is 583 g/mol. The first-order valence-corrected chi connectivity index (χ1v) is 16.4. The number of fused-ring (bicyclic) bond motifs is 3. The monoisotopic (exact) mass is 582 g/mol. The first-order chi connectivity index (χ1) is 20.8. The van der Waals surface area contributed by atoms with Gasteiger partial charge in [0, 0.05) is 5.41 Å². The Kier molecular flexibility index (Phi) is 6.48. The Morgan fingerprint density at radius 2 is 0.814 bits per heavy atom. The molecule has 6 aromatic rings. The Bertz CT molecular complexity index is 1830. The average Bonchev–Trinajstić information content (AvgIpc) is 3.26. The molecule has 0 amide bonds. The zero-order valence-electron chi connectivity index (χ0n) is 23.9. The van der Waals surface area contributed by atoms with Gasteiger partial charge in [0.15, 0.2) is 8.07 Å². The van der Waals surface area contributed by atoms with E-state index in [0.29, 0.717) is 0 Å². The quantitative estimate of drug-likeness (QED) is 0.146. The van der Waals surface area contributed by atoms with Crippen molar-refractivity contribution in [3.8, 4) is 22.3 Å². The summed E-state index contributed by atoms with van der Waals surface area (Å²) < 4.78 is 42.5. The van der Waals surface area contributed by atoms with Gasteiger partial charge in [0.25, 0.3) is 0 Å². The topological polar surface area (TPSA) is 0 Å². The highest BCUT2D eigenvalue weighted by atomic mass is 28.3. The molecule has 0 aliphatic heterocycles. The molecule has 0 nitrogen and oxygen atoms in total. The predicted octanol–water partition coefficient (Wildman–Crippen LogP) is 7.45. The van der Waals surface area contributed by atoms with E-state index in [2.05, 4.69) is 80.6 Å². The SMILES string of the molecule is CC1(C)c2ccccc2-c2ccc(-c3ccc([Si](c4ccc(F)cc4)(c4ccc(F)cc4)c4ccc(F)cc4)cc3)cc21. The molecule has 43 heavy (non-hydrogen) atoms. The molecule has 0 radical (unpaired) electrons. The third-order valence-corrected chi connectivity index (χ3v) is 13.9. The van der Waals surface area contributed by atoms with Crippen molar-refractivity contribution in [2.45, 2.75) is 19.3 Å². The Labute approximate surface area is 251 Å². The molecule has 0 saturated heterocycles. The standard InChI is InChI=1S/C39H29F3Si/c1-39(2)37-6-4-3-5-35(37)36-24-9-27(25-38(36)39)26-7-16-31(17-8-26)43(32-18-10-28(40)11-19-32,33-20-12-29(41)13-21-33)34-22-14-30(42)15-23-34/h3-25H,1-2H3. The minimum absolute atomic E-state index is 0.0995. The summed E-state index contributed by atoms with van der Waals surface area (Å²) in [6.07, 6.45) is 0. The normalized spacial score (nSPS) is 13.4. The zero-order valence-corrected chi connectivity index (χ0v) is 24.9. The molecule has 7 rings (SSSR count). The van der Waals surface area contributed by atoms with Gasteiger partial charge in [-0.25, -0.2) is 13.2 Å². The van der Waals surface area contributed by atoms with Crippen molar-refractivity contribution in [3.63, 3.8) is 0 Å². The molecule has 6 aromatic carbocycles. The summed E-state index contributed by atoms with van der Waals surface area (Å²) in [6, 6.07) is 43.4. The van der Waals surface area contributed by atoms with Crippen molar-refractivity contribution in [3.05, 3.63) is 168 Å². The molecule has 0 unspecified atom stereocenters. The Morgan fingerprint density at radius 3 is 1.30 bits per heavy atom. The number of halogens is 3. The van der Waals surface area contributed by atoms with Crippen LogP contribution in [0.25, 0.3) is 22.3 Å². The van der Waals surface area contributed by atoms with E-state index in [1.165, 1.54) is 58.7 Å². The third kappa shape index (κ3) is 4.36. The maximum atomic E-state index is 14.2. The molecule has 0 bridgehead atoms. The molecule has 1 aliphatic carbocycles. The molecule has 0 saturated carbocycles. The second kappa shape index (κ2) is 10.2. The molecule has 1 aliphatic rings. The highest BCUT2D eigenvalue weighted by Gasteiger charge is 2.42. The highest BCUT2D eigenvalue weighted by molar-refractivity contribution is 7.19. The zero-order chi connectivity index (χ0) is 29.8. The molecule has 0 aromatic heterocycles. The first-order valence-electron chi connectivity index (χ1n) is 14.4. The molecule has 210 valence electrons. The maximum absolute atomic E-state index is 14.2. The number of hydrogen-bond acceptors (Lipinski definition) is 0. The van der Waals surface area contributed by atoms with Gasteiger partial charge in [-0.3, -0.25) is 0 Å². The van der Waals surface area contributed by atoms with Crippen LogP contribution in [0.2, 0.25) is 0 Å². The lowest BCUT2D eigenvalue weighted by atomic mass is 9.81. The van der Waals surface area contributed by atoms with Crippen LogP contribution in [-0.4, -0.2) is 8.07 Å². The molecule has 4 heteroatoms. The lowest BCUT2D eigenvalue weighted by Crippen LogP contribution is -2.74. The fourth-order valence-electron chi connectivity index (χ4n) is 6.90. The summed E-state index contributed by atoms with van der Waals surface area (Å²) in [5, 5.41) is 3.82. The minimum Gasteiger partial charge on any atom is -0.207 e. The van der Waals surface area contributed by atoms with E-state index in [1.807, 2.05) is 36.4 Å². The van der Waals surface area contributed by atoms with Crippen molar-refractivity contribution in [2.75, 3.05) is 0 Å². The van der Waals surface area contributed by atoms with Gasteiger partial charge in [-0.05, 0) is 96.6 Å². The maximum Gasteiger partial charge on any atom is 0.179 e. The van der Waals surface area contributed by atoms with Crippen molar-refractivity contribution >= 4 is 28.8 Å². The Morgan fingerprint density at radius 1 is 0.419 bits per heavy atom. The van der Waals surface area contributed by atoms with E-state index in [4.69, 9.17) is 0 Å². The summed E-state index contributed by atoms with van der Waals surface area (Å²) in [6.45, 7) is 4.55. The highest BCUT2D eigenvalue weighted by Crippen LogP contribution is 2.49. The summed E-state index contributed by atoms with van der Waals surface area (Å²) in [5.74, 6) is -0.995. The molecule has 0 N–H and O–H groups in total. The van der Waals surface area contributed by atoms with Crippen molar-refractivity contribution in [2.24, 2.45) is 0 Å². The second-order valence-corrected chi connectivity index (χ2v) is 15.6. The smallest absolute Gasteiger partial charge is 0.179 e. The predicted molar refractivity (Wildman–Crippen MR) is 173 cm³/mol. The minimum atomic E-state index is -3.08. The van der Waals surface area contributed by atoms with Gasteiger partial charge in [-0.2, -0.15) is 0 Å². The van der Waals surface area contributed by atoms with E-state index in [-0.39, 0.29) is 22.9 Å². The van der Waals surface area contributed by atoms with Gasteiger partial charge in [0.1, 0.15) is 17.5 Å². The summed E-state index contributed by atoms with van der Waals surface area (Å²) in [7, 11) is -3.08. The largest absolute Gasteiger partial charge is 0.207 e. The van der Waals surface area contributed by atoms with Crippen LogP contribution >= 0.6 is 0 Å². The van der Waals surface area contributed by atoms with Crippen LogP contribution in [0, 0.1) is 17.5 Å². The lowest BCUT2D eigenvalue weighted by molar-refractivity contribution is 0.628. The summed E-state index contributed by atoms with van der Waals surface area (Å²) >= 11 is 0. The van der Waals surface area contributed by atoms with E-state index in [9.17, 15) is 13.2 Å².